The van der Waals surface area contributed by atoms with Crippen LogP contribution in [-0.2, 0) is 0 Å². The van der Waals surface area contributed by atoms with Crippen LogP contribution in [0.1, 0.15) is 10.4 Å². The maximum absolute atomic E-state index is 11.0. The van der Waals surface area contributed by atoms with Crippen LogP contribution in [-0.4, -0.2) is 38.0 Å². The first-order chi connectivity index (χ1) is 10.6. The molecule has 8 heteroatoms. The van der Waals surface area contributed by atoms with E-state index in [1.54, 1.807) is 12.1 Å². The van der Waals surface area contributed by atoms with Crippen LogP contribution in [0, 0.1) is 0 Å². The van der Waals surface area contributed by atoms with E-state index in [0.717, 1.165) is 0 Å². The van der Waals surface area contributed by atoms with E-state index in [4.69, 9.17) is 14.6 Å². The van der Waals surface area contributed by atoms with Crippen LogP contribution in [0.5, 0.6) is 17.2 Å². The van der Waals surface area contributed by atoms with Gasteiger partial charge in [0.1, 0.15) is 22.5 Å². The van der Waals surface area contributed by atoms with E-state index in [-0.39, 0.29) is 18.1 Å². The number of phenols is 1. The molecule has 4 rings (SSSR count). The number of aromatic carboxylic acids is 1. The van der Waals surface area contributed by atoms with Gasteiger partial charge in [0.05, 0.1) is 5.56 Å². The first-order valence-corrected chi connectivity index (χ1v) is 6.35. The van der Waals surface area contributed by atoms with Crippen LogP contribution in [0.4, 0.5) is 0 Å². The molecule has 0 bridgehead atoms. The molecule has 3 aromatic rings. The van der Waals surface area contributed by atoms with Crippen molar-refractivity contribution in [2.75, 3.05) is 6.79 Å². The number of aromatic nitrogens is 3. The Hall–Kier alpha value is -3.29. The molecular weight excluding hydrogens is 290 g/mol. The molecule has 1 aliphatic rings. The summed E-state index contributed by atoms with van der Waals surface area (Å²) < 4.78 is 10.4. The van der Waals surface area contributed by atoms with Gasteiger partial charge in [-0.15, -0.1) is 15.0 Å². The van der Waals surface area contributed by atoms with Crippen LogP contribution < -0.4 is 9.47 Å². The van der Waals surface area contributed by atoms with Gasteiger partial charge in [0, 0.05) is 12.1 Å². The lowest BCUT2D eigenvalue weighted by molar-refractivity contribution is 0.0697. The predicted molar refractivity (Wildman–Crippen MR) is 73.6 cm³/mol. The summed E-state index contributed by atoms with van der Waals surface area (Å²) in [5.41, 5.74) is 1.37. The standard InChI is InChI=1S/C14H9N3O5/c18-11-5-13-12(21-6-22-13)4-10(11)17-15-8-2-1-7(14(19)20)3-9(8)16-17/h1-5,18H,6H2,(H,19,20). The molecule has 22 heavy (non-hydrogen) atoms. The molecule has 0 saturated heterocycles. The summed E-state index contributed by atoms with van der Waals surface area (Å²) in [4.78, 5) is 12.2. The molecular formula is C14H9N3O5. The van der Waals surface area contributed by atoms with Gasteiger partial charge in [-0.2, -0.15) is 0 Å². The number of carboxylic acids is 1. The van der Waals surface area contributed by atoms with Crippen molar-refractivity contribution in [3.8, 4) is 22.9 Å². The average molecular weight is 299 g/mol. The molecule has 2 N–H and O–H groups in total. The van der Waals surface area contributed by atoms with Gasteiger partial charge in [0.2, 0.25) is 6.79 Å². The first-order valence-electron chi connectivity index (χ1n) is 6.35. The molecule has 0 aliphatic carbocycles. The molecule has 0 spiro atoms. The third-order valence-corrected chi connectivity index (χ3v) is 3.31. The van der Waals surface area contributed by atoms with Crippen LogP contribution >= 0.6 is 0 Å². The molecule has 0 saturated carbocycles. The van der Waals surface area contributed by atoms with Crippen LogP contribution in [0.2, 0.25) is 0 Å². The summed E-state index contributed by atoms with van der Waals surface area (Å²) in [5, 5.41) is 27.5. The van der Waals surface area contributed by atoms with Gasteiger partial charge in [-0.25, -0.2) is 4.79 Å². The van der Waals surface area contributed by atoms with Crippen molar-refractivity contribution < 1.29 is 24.5 Å². The summed E-state index contributed by atoms with van der Waals surface area (Å²) in [6, 6.07) is 7.42. The molecule has 1 aliphatic heterocycles. The minimum Gasteiger partial charge on any atom is -0.505 e. The number of hydrogen-bond acceptors (Lipinski definition) is 6. The summed E-state index contributed by atoms with van der Waals surface area (Å²) in [5.74, 6) is -0.170. The molecule has 0 fully saturated rings. The van der Waals surface area contributed by atoms with E-state index < -0.39 is 5.97 Å². The van der Waals surface area contributed by atoms with Crippen LogP contribution in [0.15, 0.2) is 30.3 Å². The monoisotopic (exact) mass is 299 g/mol. The molecule has 0 radical (unpaired) electrons. The molecule has 2 aromatic carbocycles. The third-order valence-electron chi connectivity index (χ3n) is 3.31. The Morgan fingerprint density at radius 3 is 2.59 bits per heavy atom. The molecule has 110 valence electrons. The van der Waals surface area contributed by atoms with Gasteiger partial charge in [0.25, 0.3) is 0 Å². The molecule has 2 heterocycles. The second kappa shape index (κ2) is 4.35. The summed E-state index contributed by atoms with van der Waals surface area (Å²) in [6.45, 7) is 0.0920. The number of nitrogens with zero attached hydrogens (tertiary/aromatic N) is 3. The Bertz CT molecular complexity index is 918. The second-order valence-corrected chi connectivity index (χ2v) is 4.69. The lowest BCUT2D eigenvalue weighted by Crippen LogP contribution is -1.99. The Balaban J connectivity index is 1.86. The zero-order valence-corrected chi connectivity index (χ0v) is 11.1. The van der Waals surface area contributed by atoms with Crippen molar-refractivity contribution in [1.82, 2.24) is 15.0 Å². The van der Waals surface area contributed by atoms with Gasteiger partial charge in [0.15, 0.2) is 11.5 Å². The maximum Gasteiger partial charge on any atom is 0.335 e. The minimum absolute atomic E-state index is 0.0667. The number of hydrogen-bond donors (Lipinski definition) is 2. The quantitative estimate of drug-likeness (QED) is 0.739. The van der Waals surface area contributed by atoms with Crippen molar-refractivity contribution in [3.63, 3.8) is 0 Å². The summed E-state index contributed by atoms with van der Waals surface area (Å²) in [7, 11) is 0. The van der Waals surface area contributed by atoms with Crippen molar-refractivity contribution in [2.45, 2.75) is 0 Å². The van der Waals surface area contributed by atoms with Gasteiger partial charge in [-0.1, -0.05) is 0 Å². The number of phenolic OH excluding ortho intramolecular Hbond substituents is 1. The highest BCUT2D eigenvalue weighted by atomic mass is 16.7. The lowest BCUT2D eigenvalue weighted by atomic mass is 10.2. The number of aromatic hydroxyl groups is 1. The second-order valence-electron chi connectivity index (χ2n) is 4.69. The van der Waals surface area contributed by atoms with E-state index in [9.17, 15) is 9.90 Å². The number of fused-ring (bicyclic) bond motifs is 2. The normalized spacial score (nSPS) is 12.7. The Morgan fingerprint density at radius 2 is 1.82 bits per heavy atom. The van der Waals surface area contributed by atoms with Crippen LogP contribution in [0.3, 0.4) is 0 Å². The van der Waals surface area contributed by atoms with E-state index in [1.165, 1.54) is 23.0 Å². The smallest absolute Gasteiger partial charge is 0.335 e. The van der Waals surface area contributed by atoms with Gasteiger partial charge in [-0.05, 0) is 18.2 Å². The van der Waals surface area contributed by atoms with Gasteiger partial charge in [-0.3, -0.25) is 0 Å². The zero-order valence-electron chi connectivity index (χ0n) is 11.1. The Kier molecular flexibility index (Phi) is 2.46. The van der Waals surface area contributed by atoms with Crippen molar-refractivity contribution >= 4 is 17.0 Å². The Labute approximate surface area is 123 Å². The number of benzene rings is 2. The fourth-order valence-electron chi connectivity index (χ4n) is 2.24. The van der Waals surface area contributed by atoms with E-state index >= 15 is 0 Å². The fraction of sp³-hybridized carbons (Fsp3) is 0.0714. The third kappa shape index (κ3) is 1.81. The summed E-state index contributed by atoms with van der Waals surface area (Å²) in [6.07, 6.45) is 0. The number of carboxylic acid groups (broad SMARTS) is 1. The highest BCUT2D eigenvalue weighted by Gasteiger charge is 2.19. The molecule has 0 amide bonds. The van der Waals surface area contributed by atoms with Crippen molar-refractivity contribution in [3.05, 3.63) is 35.9 Å². The average Bonchev–Trinajstić information content (AvgIpc) is 3.10. The molecule has 0 atom stereocenters. The number of rotatable bonds is 2. The molecule has 1 aromatic heterocycles. The van der Waals surface area contributed by atoms with E-state index in [2.05, 4.69) is 10.2 Å². The van der Waals surface area contributed by atoms with Gasteiger partial charge < -0.3 is 19.7 Å². The van der Waals surface area contributed by atoms with E-state index in [1.807, 2.05) is 0 Å². The minimum atomic E-state index is -1.04. The first kappa shape index (κ1) is 12.5. The highest BCUT2D eigenvalue weighted by Crippen LogP contribution is 2.38. The van der Waals surface area contributed by atoms with E-state index in [0.29, 0.717) is 28.2 Å². The number of ether oxygens (including phenoxy) is 2. The Morgan fingerprint density at radius 1 is 1.09 bits per heavy atom. The molecule has 0 unspecified atom stereocenters. The predicted octanol–water partition coefficient (Wildman–Crippen LogP) is 1.55. The molecule has 8 nitrogen and oxygen atoms in total. The highest BCUT2D eigenvalue weighted by molar-refractivity contribution is 5.92. The van der Waals surface area contributed by atoms with Crippen molar-refractivity contribution in [2.24, 2.45) is 0 Å². The van der Waals surface area contributed by atoms with Gasteiger partial charge >= 0.3 is 5.97 Å². The lowest BCUT2D eigenvalue weighted by Gasteiger charge is -2.04. The number of carbonyl (C=O) groups is 1. The fourth-order valence-corrected chi connectivity index (χ4v) is 2.24. The largest absolute Gasteiger partial charge is 0.505 e. The summed E-state index contributed by atoms with van der Waals surface area (Å²) >= 11 is 0. The van der Waals surface area contributed by atoms with Crippen LogP contribution in [0.25, 0.3) is 16.7 Å². The topological polar surface area (TPSA) is 107 Å². The SMILES string of the molecule is O=C(O)c1ccc2nn(-c3cc4c(cc3O)OCO4)nc2c1. The van der Waals surface area contributed by atoms with Crippen molar-refractivity contribution in [1.29, 1.82) is 0 Å². The maximum atomic E-state index is 11.0. The zero-order chi connectivity index (χ0) is 15.3.